The van der Waals surface area contributed by atoms with Crippen molar-refractivity contribution in [2.75, 3.05) is 0 Å². The highest BCUT2D eigenvalue weighted by molar-refractivity contribution is 5.78. The van der Waals surface area contributed by atoms with Gasteiger partial charge in [0.15, 0.2) is 0 Å². The third-order valence-electron chi connectivity index (χ3n) is 6.48. The van der Waals surface area contributed by atoms with E-state index in [2.05, 4.69) is 78.5 Å². The first-order valence-corrected chi connectivity index (χ1v) is 11.4. The summed E-state index contributed by atoms with van der Waals surface area (Å²) in [7, 11) is 0. The van der Waals surface area contributed by atoms with E-state index in [4.69, 9.17) is 0 Å². The number of aryl methyl sites for hydroxylation is 2. The first-order chi connectivity index (χ1) is 14.7. The number of hydrogen-bond donors (Lipinski definition) is 0. The van der Waals surface area contributed by atoms with Gasteiger partial charge in [-0.1, -0.05) is 69.8 Å². The molecule has 1 unspecified atom stereocenters. The monoisotopic (exact) mass is 414 g/mol. The van der Waals surface area contributed by atoms with E-state index in [1.807, 2.05) is 12.1 Å². The summed E-state index contributed by atoms with van der Waals surface area (Å²) in [6.07, 6.45) is 2.04. The fourth-order valence-corrected chi connectivity index (χ4v) is 4.65. The molecule has 0 bridgehead atoms. The first-order valence-electron chi connectivity index (χ1n) is 11.4. The lowest BCUT2D eigenvalue weighted by atomic mass is 9.82. The lowest BCUT2D eigenvalue weighted by Crippen LogP contribution is -2.08. The number of benzene rings is 3. The predicted octanol–water partition coefficient (Wildman–Crippen LogP) is 8.82. The topological polar surface area (TPSA) is 0 Å². The Kier molecular flexibility index (Phi) is 7.15. The van der Waals surface area contributed by atoms with Gasteiger partial charge in [-0.3, -0.25) is 0 Å². The van der Waals surface area contributed by atoms with Crippen LogP contribution in [0.2, 0.25) is 0 Å². The van der Waals surface area contributed by atoms with E-state index >= 15 is 0 Å². The molecule has 1 atom stereocenters. The molecule has 3 aromatic rings. The minimum Gasteiger partial charge on any atom is -0.207 e. The van der Waals surface area contributed by atoms with Crippen molar-refractivity contribution < 1.29 is 4.39 Å². The molecule has 0 aliphatic carbocycles. The van der Waals surface area contributed by atoms with Crippen molar-refractivity contribution in [3.8, 4) is 11.1 Å². The maximum absolute atomic E-state index is 13.4. The molecule has 0 aliphatic heterocycles. The lowest BCUT2D eigenvalue weighted by Gasteiger charge is -2.23. The van der Waals surface area contributed by atoms with Crippen LogP contribution in [0.3, 0.4) is 0 Å². The molecule has 0 amide bonds. The van der Waals surface area contributed by atoms with Crippen LogP contribution >= 0.6 is 0 Å². The molecule has 0 aromatic heterocycles. The highest BCUT2D eigenvalue weighted by Crippen LogP contribution is 2.35. The normalized spacial score (nSPS) is 12.3. The van der Waals surface area contributed by atoms with Gasteiger partial charge in [0, 0.05) is 0 Å². The van der Waals surface area contributed by atoms with Gasteiger partial charge in [-0.05, 0) is 108 Å². The summed E-state index contributed by atoms with van der Waals surface area (Å²) in [5.41, 5.74) is 11.2. The highest BCUT2D eigenvalue weighted by atomic mass is 19.1. The summed E-state index contributed by atoms with van der Waals surface area (Å²) < 4.78 is 13.4. The van der Waals surface area contributed by atoms with Crippen LogP contribution in [0.1, 0.15) is 66.5 Å². The van der Waals surface area contributed by atoms with E-state index < -0.39 is 0 Å². The summed E-state index contributed by atoms with van der Waals surface area (Å²) in [5.74, 6) is 0.722. The van der Waals surface area contributed by atoms with E-state index in [1.165, 1.54) is 51.1 Å². The first kappa shape index (κ1) is 23.0. The van der Waals surface area contributed by atoms with Gasteiger partial charge in [0.2, 0.25) is 0 Å². The molecule has 0 saturated carbocycles. The largest absolute Gasteiger partial charge is 0.207 e. The van der Waals surface area contributed by atoms with Crippen LogP contribution in [0.25, 0.3) is 16.7 Å². The SMILES string of the molecule is C=C(c1cc(C)cc(-c2ccc(F)cc2)c1C)C(CC)Cc1ccc(C(C)C)c(C)c1. The van der Waals surface area contributed by atoms with Crippen molar-refractivity contribution in [1.29, 1.82) is 0 Å². The molecule has 162 valence electrons. The molecule has 0 N–H and O–H groups in total. The molecule has 0 heterocycles. The Morgan fingerprint density at radius 1 is 0.935 bits per heavy atom. The number of allylic oxidation sites excluding steroid dienone is 1. The van der Waals surface area contributed by atoms with E-state index in [0.29, 0.717) is 11.8 Å². The van der Waals surface area contributed by atoms with Crippen molar-refractivity contribution in [2.45, 2.75) is 60.3 Å². The molecule has 3 rings (SSSR count). The van der Waals surface area contributed by atoms with Gasteiger partial charge >= 0.3 is 0 Å². The van der Waals surface area contributed by atoms with Gasteiger partial charge < -0.3 is 0 Å². The second-order valence-electron chi connectivity index (χ2n) is 9.17. The van der Waals surface area contributed by atoms with Gasteiger partial charge in [0.1, 0.15) is 5.82 Å². The third-order valence-corrected chi connectivity index (χ3v) is 6.48. The fourth-order valence-electron chi connectivity index (χ4n) is 4.65. The van der Waals surface area contributed by atoms with Crippen molar-refractivity contribution >= 4 is 5.57 Å². The van der Waals surface area contributed by atoms with Crippen molar-refractivity contribution in [3.63, 3.8) is 0 Å². The zero-order valence-electron chi connectivity index (χ0n) is 19.9. The molecule has 31 heavy (non-hydrogen) atoms. The molecule has 0 spiro atoms. The quantitative estimate of drug-likeness (QED) is 0.362. The number of halogens is 1. The Balaban J connectivity index is 1.93. The molecule has 0 nitrogen and oxygen atoms in total. The van der Waals surface area contributed by atoms with E-state index in [9.17, 15) is 4.39 Å². The Hall–Kier alpha value is -2.67. The molecule has 3 aromatic carbocycles. The molecular formula is C30H35F. The summed E-state index contributed by atoms with van der Waals surface area (Å²) in [6, 6.07) is 18.1. The van der Waals surface area contributed by atoms with Gasteiger partial charge in [-0.25, -0.2) is 4.39 Å². The second-order valence-corrected chi connectivity index (χ2v) is 9.17. The van der Waals surface area contributed by atoms with Crippen LogP contribution in [0, 0.1) is 32.5 Å². The van der Waals surface area contributed by atoms with Crippen molar-refractivity contribution in [1.82, 2.24) is 0 Å². The predicted molar refractivity (Wildman–Crippen MR) is 133 cm³/mol. The molecule has 0 fully saturated rings. The Morgan fingerprint density at radius 3 is 2.19 bits per heavy atom. The minimum absolute atomic E-state index is 0.205. The zero-order valence-corrected chi connectivity index (χ0v) is 19.9. The van der Waals surface area contributed by atoms with Crippen molar-refractivity contribution in [2.24, 2.45) is 5.92 Å². The van der Waals surface area contributed by atoms with Crippen LogP contribution in [0.5, 0.6) is 0 Å². The van der Waals surface area contributed by atoms with Crippen LogP contribution in [-0.4, -0.2) is 0 Å². The Labute approximate surface area is 187 Å². The fraction of sp³-hybridized carbons (Fsp3) is 0.333. The highest BCUT2D eigenvalue weighted by Gasteiger charge is 2.18. The summed E-state index contributed by atoms with van der Waals surface area (Å²) >= 11 is 0. The molecule has 0 aliphatic rings. The second kappa shape index (κ2) is 9.64. The summed E-state index contributed by atoms with van der Waals surface area (Å²) in [4.78, 5) is 0. The maximum atomic E-state index is 13.4. The van der Waals surface area contributed by atoms with Crippen molar-refractivity contribution in [3.05, 3.63) is 100 Å². The van der Waals surface area contributed by atoms with E-state index in [1.54, 1.807) is 0 Å². The number of rotatable bonds is 7. The third kappa shape index (κ3) is 5.15. The van der Waals surface area contributed by atoms with Crippen LogP contribution in [0.15, 0.2) is 61.2 Å². The zero-order chi connectivity index (χ0) is 22.7. The van der Waals surface area contributed by atoms with Gasteiger partial charge in [0.25, 0.3) is 0 Å². The molecular weight excluding hydrogens is 379 g/mol. The van der Waals surface area contributed by atoms with Crippen LogP contribution < -0.4 is 0 Å². The Morgan fingerprint density at radius 2 is 1.61 bits per heavy atom. The Bertz CT molecular complexity index is 1070. The smallest absolute Gasteiger partial charge is 0.123 e. The lowest BCUT2D eigenvalue weighted by molar-refractivity contribution is 0.628. The molecule has 0 radical (unpaired) electrons. The number of hydrogen-bond acceptors (Lipinski definition) is 0. The standard InChI is InChI=1S/C30H35F/c1-8-25(18-24-9-14-28(19(2)3)21(5)17-24)22(6)29-15-20(4)16-30(23(29)7)26-10-12-27(31)13-11-26/h9-17,19,25H,6,8,18H2,1-5,7H3. The van der Waals surface area contributed by atoms with Crippen LogP contribution in [0.4, 0.5) is 4.39 Å². The van der Waals surface area contributed by atoms with Gasteiger partial charge in [0.05, 0.1) is 0 Å². The summed E-state index contributed by atoms with van der Waals surface area (Å²) in [6.45, 7) is 17.8. The van der Waals surface area contributed by atoms with E-state index in [0.717, 1.165) is 24.0 Å². The average Bonchev–Trinajstić information content (AvgIpc) is 2.73. The maximum Gasteiger partial charge on any atom is 0.123 e. The van der Waals surface area contributed by atoms with Crippen LogP contribution in [-0.2, 0) is 6.42 Å². The average molecular weight is 415 g/mol. The molecule has 0 saturated heterocycles. The molecule has 1 heteroatoms. The summed E-state index contributed by atoms with van der Waals surface area (Å²) in [5, 5.41) is 0. The van der Waals surface area contributed by atoms with Gasteiger partial charge in [-0.2, -0.15) is 0 Å². The van der Waals surface area contributed by atoms with Gasteiger partial charge in [-0.15, -0.1) is 0 Å². The minimum atomic E-state index is -0.205. The van der Waals surface area contributed by atoms with E-state index in [-0.39, 0.29) is 5.82 Å².